The predicted molar refractivity (Wildman–Crippen MR) is 77.6 cm³/mol. The Morgan fingerprint density at radius 3 is 3.21 bits per heavy atom. The van der Waals surface area contributed by atoms with E-state index in [4.69, 9.17) is 4.74 Å². The van der Waals surface area contributed by atoms with Crippen molar-refractivity contribution in [2.75, 3.05) is 32.8 Å². The van der Waals surface area contributed by atoms with Gasteiger partial charge in [0.05, 0.1) is 0 Å². The summed E-state index contributed by atoms with van der Waals surface area (Å²) < 4.78 is 5.84. The smallest absolute Gasteiger partial charge is 0.119 e. The highest BCUT2D eigenvalue weighted by molar-refractivity contribution is 5.27. The van der Waals surface area contributed by atoms with Gasteiger partial charge in [0.1, 0.15) is 12.4 Å². The number of benzene rings is 1. The van der Waals surface area contributed by atoms with E-state index in [-0.39, 0.29) is 0 Å². The second-order valence-corrected chi connectivity index (χ2v) is 5.86. The molecule has 0 aliphatic carbocycles. The number of nitrogens with zero attached hydrogens (tertiary/aromatic N) is 1. The minimum absolute atomic E-state index is 0.786. The van der Waals surface area contributed by atoms with Crippen molar-refractivity contribution in [1.82, 2.24) is 10.2 Å². The first-order valence-corrected chi connectivity index (χ1v) is 7.46. The highest BCUT2D eigenvalue weighted by atomic mass is 16.5. The summed E-state index contributed by atoms with van der Waals surface area (Å²) in [5, 5.41) is 3.61. The van der Waals surface area contributed by atoms with Crippen molar-refractivity contribution in [2.45, 2.75) is 25.8 Å². The van der Waals surface area contributed by atoms with E-state index in [0.29, 0.717) is 0 Å². The van der Waals surface area contributed by atoms with Crippen LogP contribution in [0.25, 0.3) is 0 Å². The number of aryl methyl sites for hydroxylation is 1. The Bertz CT molecular complexity index is 421. The Kier molecular flexibility index (Phi) is 4.04. The lowest BCUT2D eigenvalue weighted by Gasteiger charge is -2.34. The van der Waals surface area contributed by atoms with Crippen LogP contribution in [0.1, 0.15) is 18.4 Å². The first kappa shape index (κ1) is 12.9. The van der Waals surface area contributed by atoms with Crippen molar-refractivity contribution in [3.05, 3.63) is 29.8 Å². The fraction of sp³-hybridized carbons (Fsp3) is 0.625. The number of ether oxygens (including phenoxy) is 1. The van der Waals surface area contributed by atoms with Gasteiger partial charge in [0.25, 0.3) is 0 Å². The molecule has 2 fully saturated rings. The molecule has 0 spiro atoms. The average Bonchev–Trinajstić information content (AvgIpc) is 2.86. The number of likely N-dealkylation sites (tertiary alicyclic amines) is 1. The largest absolute Gasteiger partial charge is 0.492 e. The van der Waals surface area contributed by atoms with Gasteiger partial charge >= 0.3 is 0 Å². The number of hydrogen-bond acceptors (Lipinski definition) is 3. The Labute approximate surface area is 115 Å². The summed E-state index contributed by atoms with van der Waals surface area (Å²) in [4.78, 5) is 2.56. The predicted octanol–water partition coefficient (Wildman–Crippen LogP) is 2.06. The Hall–Kier alpha value is -1.06. The molecule has 1 aromatic carbocycles. The fourth-order valence-electron chi connectivity index (χ4n) is 3.32. The lowest BCUT2D eigenvalue weighted by atomic mass is 9.93. The van der Waals surface area contributed by atoms with Gasteiger partial charge in [0.2, 0.25) is 0 Å². The molecule has 19 heavy (non-hydrogen) atoms. The molecule has 2 aliphatic rings. The van der Waals surface area contributed by atoms with Crippen LogP contribution in [-0.4, -0.2) is 43.7 Å². The summed E-state index contributed by atoms with van der Waals surface area (Å²) in [7, 11) is 0. The van der Waals surface area contributed by atoms with Gasteiger partial charge in [-0.05, 0) is 56.5 Å². The van der Waals surface area contributed by atoms with Crippen LogP contribution in [0.2, 0.25) is 0 Å². The maximum atomic E-state index is 5.84. The molecule has 0 radical (unpaired) electrons. The van der Waals surface area contributed by atoms with Crippen LogP contribution in [0.5, 0.6) is 5.75 Å². The first-order valence-electron chi connectivity index (χ1n) is 7.46. The van der Waals surface area contributed by atoms with Crippen molar-refractivity contribution in [2.24, 2.45) is 5.92 Å². The topological polar surface area (TPSA) is 24.5 Å². The van der Waals surface area contributed by atoms with Gasteiger partial charge < -0.3 is 10.1 Å². The minimum Gasteiger partial charge on any atom is -0.492 e. The molecule has 104 valence electrons. The number of fused-ring (bicyclic) bond motifs is 1. The van der Waals surface area contributed by atoms with Crippen LogP contribution < -0.4 is 10.1 Å². The summed E-state index contributed by atoms with van der Waals surface area (Å²) in [6.45, 7) is 7.62. The van der Waals surface area contributed by atoms with E-state index in [1.807, 2.05) is 6.07 Å². The van der Waals surface area contributed by atoms with Crippen LogP contribution in [0.4, 0.5) is 0 Å². The lowest BCUT2D eigenvalue weighted by molar-refractivity contribution is 0.138. The summed E-state index contributed by atoms with van der Waals surface area (Å²) >= 11 is 0. The fourth-order valence-corrected chi connectivity index (χ4v) is 3.32. The number of rotatable bonds is 4. The maximum absolute atomic E-state index is 5.84. The second-order valence-electron chi connectivity index (χ2n) is 5.86. The van der Waals surface area contributed by atoms with Crippen LogP contribution in [0.15, 0.2) is 24.3 Å². The molecule has 3 rings (SSSR count). The normalized spacial score (nSPS) is 27.2. The molecule has 1 N–H and O–H groups in total. The number of hydrogen-bond donors (Lipinski definition) is 1. The van der Waals surface area contributed by atoms with Gasteiger partial charge in [-0.1, -0.05) is 12.1 Å². The zero-order valence-electron chi connectivity index (χ0n) is 11.8. The Morgan fingerprint density at radius 1 is 1.37 bits per heavy atom. The Morgan fingerprint density at radius 2 is 2.32 bits per heavy atom. The van der Waals surface area contributed by atoms with Gasteiger partial charge in [-0.15, -0.1) is 0 Å². The second kappa shape index (κ2) is 5.93. The van der Waals surface area contributed by atoms with E-state index in [1.54, 1.807) is 0 Å². The van der Waals surface area contributed by atoms with Crippen molar-refractivity contribution in [3.63, 3.8) is 0 Å². The summed E-state index contributed by atoms with van der Waals surface area (Å²) in [6, 6.07) is 9.09. The molecule has 3 nitrogen and oxygen atoms in total. The van der Waals surface area contributed by atoms with Crippen molar-refractivity contribution in [3.8, 4) is 5.75 Å². The first-order chi connectivity index (χ1) is 9.31. The maximum Gasteiger partial charge on any atom is 0.119 e. The third-order valence-electron chi connectivity index (χ3n) is 4.41. The molecule has 0 aromatic heterocycles. The van der Waals surface area contributed by atoms with Crippen molar-refractivity contribution < 1.29 is 4.74 Å². The van der Waals surface area contributed by atoms with Crippen LogP contribution >= 0.6 is 0 Å². The number of piperidine rings is 1. The van der Waals surface area contributed by atoms with E-state index < -0.39 is 0 Å². The Balaban J connectivity index is 1.43. The molecular weight excluding hydrogens is 236 g/mol. The molecule has 1 aromatic rings. The third kappa shape index (κ3) is 3.28. The molecule has 2 aliphatic heterocycles. The van der Waals surface area contributed by atoms with E-state index in [9.17, 15) is 0 Å². The summed E-state index contributed by atoms with van der Waals surface area (Å²) in [5.74, 6) is 1.87. The van der Waals surface area contributed by atoms with Crippen molar-refractivity contribution >= 4 is 0 Å². The SMILES string of the molecule is Cc1cccc(OCCN2CCC3NCCC3C2)c1. The van der Waals surface area contributed by atoms with Gasteiger partial charge in [0, 0.05) is 19.1 Å². The highest BCUT2D eigenvalue weighted by Crippen LogP contribution is 2.24. The standard InChI is InChI=1S/C16H24N2O/c1-13-3-2-4-15(11-13)19-10-9-18-8-6-16-14(12-18)5-7-17-16/h2-4,11,14,16-17H,5-10,12H2,1H3. The molecule has 2 atom stereocenters. The quantitative estimate of drug-likeness (QED) is 0.897. The van der Waals surface area contributed by atoms with Gasteiger partial charge in [0.15, 0.2) is 0 Å². The average molecular weight is 260 g/mol. The molecule has 2 saturated heterocycles. The van der Waals surface area contributed by atoms with Gasteiger partial charge in [-0.3, -0.25) is 4.90 Å². The van der Waals surface area contributed by atoms with E-state index >= 15 is 0 Å². The van der Waals surface area contributed by atoms with Gasteiger partial charge in [-0.25, -0.2) is 0 Å². The molecule has 0 amide bonds. The molecule has 0 saturated carbocycles. The zero-order valence-corrected chi connectivity index (χ0v) is 11.8. The molecule has 2 heterocycles. The molecular formula is C16H24N2O. The van der Waals surface area contributed by atoms with Crippen LogP contribution in [0.3, 0.4) is 0 Å². The highest BCUT2D eigenvalue weighted by Gasteiger charge is 2.32. The summed E-state index contributed by atoms with van der Waals surface area (Å²) in [5.41, 5.74) is 1.26. The minimum atomic E-state index is 0.786. The van der Waals surface area contributed by atoms with Crippen molar-refractivity contribution in [1.29, 1.82) is 0 Å². The third-order valence-corrected chi connectivity index (χ3v) is 4.41. The number of nitrogens with one attached hydrogen (secondary N) is 1. The summed E-state index contributed by atoms with van der Waals surface area (Å²) in [6.07, 6.45) is 2.65. The van der Waals surface area contributed by atoms with E-state index in [2.05, 4.69) is 35.3 Å². The van der Waals surface area contributed by atoms with E-state index in [1.165, 1.54) is 38.0 Å². The monoisotopic (exact) mass is 260 g/mol. The molecule has 0 bridgehead atoms. The molecule has 3 heteroatoms. The van der Waals surface area contributed by atoms with E-state index in [0.717, 1.165) is 30.9 Å². The zero-order chi connectivity index (χ0) is 13.1. The van der Waals surface area contributed by atoms with Gasteiger partial charge in [-0.2, -0.15) is 0 Å². The van der Waals surface area contributed by atoms with Crippen LogP contribution in [0, 0.1) is 12.8 Å². The lowest BCUT2D eigenvalue weighted by Crippen LogP contribution is -2.45. The van der Waals surface area contributed by atoms with Crippen LogP contribution in [-0.2, 0) is 0 Å². The molecule has 2 unspecified atom stereocenters.